The van der Waals surface area contributed by atoms with Gasteiger partial charge in [-0.15, -0.1) is 0 Å². The molecule has 0 aliphatic carbocycles. The third-order valence-corrected chi connectivity index (χ3v) is 10.5. The fourth-order valence-electron chi connectivity index (χ4n) is 6.99. The average molecular weight is 841 g/mol. The molecule has 3 N–H and O–H groups in total. The maximum absolute atomic E-state index is 13.0. The van der Waals surface area contributed by atoms with Crippen LogP contribution in [0, 0.1) is 5.92 Å². The van der Waals surface area contributed by atoms with Gasteiger partial charge < -0.3 is 33.7 Å². The number of rotatable bonds is 18. The van der Waals surface area contributed by atoms with E-state index in [0.717, 1.165) is 16.7 Å². The van der Waals surface area contributed by atoms with Gasteiger partial charge in [0.1, 0.15) is 35.5 Å². The van der Waals surface area contributed by atoms with Crippen molar-refractivity contribution in [1.82, 2.24) is 24.4 Å². The number of hydrogen-bond donors (Lipinski definition) is 3. The number of ether oxygens (including phenoxy) is 5. The predicted molar refractivity (Wildman–Crippen MR) is 229 cm³/mol. The van der Waals surface area contributed by atoms with Crippen LogP contribution in [-0.4, -0.2) is 100 Å². The molecule has 5 aromatic rings. The van der Waals surface area contributed by atoms with Crippen molar-refractivity contribution in [1.29, 1.82) is 0 Å². The zero-order valence-corrected chi connectivity index (χ0v) is 35.8. The van der Waals surface area contributed by atoms with Gasteiger partial charge in [-0.05, 0) is 60.6 Å². The summed E-state index contributed by atoms with van der Waals surface area (Å²) in [5.74, 6) is -1.34. The van der Waals surface area contributed by atoms with Gasteiger partial charge in [0.05, 0.1) is 40.0 Å². The van der Waals surface area contributed by atoms with E-state index in [1.807, 2.05) is 78.9 Å². The Morgan fingerprint density at radius 2 is 1.48 bits per heavy atom. The molecule has 6 rings (SSSR count). The molecule has 1 fully saturated rings. The number of fused-ring (bicyclic) bond motifs is 1. The topological polar surface area (TPSA) is 196 Å². The van der Waals surface area contributed by atoms with Gasteiger partial charge in [0.2, 0.25) is 11.9 Å². The molecule has 3 aromatic carbocycles. The number of anilines is 1. The number of aromatic amines is 1. The normalized spacial score (nSPS) is 16.2. The minimum Gasteiger partial charge on any atom is -0.497 e. The van der Waals surface area contributed by atoms with E-state index in [1.165, 1.54) is 30.5 Å². The number of aromatic nitrogens is 4. The van der Waals surface area contributed by atoms with Crippen LogP contribution >= 0.6 is 0 Å². The number of nitrogens with one attached hydrogen (secondary N) is 2. The summed E-state index contributed by atoms with van der Waals surface area (Å²) in [4.78, 5) is 63.2. The Morgan fingerprint density at radius 3 is 1.98 bits per heavy atom. The highest BCUT2D eigenvalue weighted by atomic mass is 16.6. The Hall–Kier alpha value is -6.10. The van der Waals surface area contributed by atoms with Gasteiger partial charge in [-0.25, -0.2) is 4.98 Å². The second-order valence-corrected chi connectivity index (χ2v) is 14.6. The Bertz CT molecular complexity index is 2200. The lowest BCUT2D eigenvalue weighted by Crippen LogP contribution is -2.39. The van der Waals surface area contributed by atoms with Crippen molar-refractivity contribution in [3.8, 4) is 11.5 Å². The molecule has 326 valence electrons. The van der Waals surface area contributed by atoms with Crippen molar-refractivity contribution in [3.05, 3.63) is 112 Å². The number of carbonyl (C=O) groups is 3. The first-order chi connectivity index (χ1) is 29.4. The molecule has 2 aromatic heterocycles. The summed E-state index contributed by atoms with van der Waals surface area (Å²) in [6.07, 6.45) is -1.92. The lowest BCUT2D eigenvalue weighted by atomic mass is 9.80. The lowest BCUT2D eigenvalue weighted by Gasteiger charge is -2.37. The maximum atomic E-state index is 13.0. The molecule has 1 amide bonds. The fourth-order valence-corrected chi connectivity index (χ4v) is 6.99. The zero-order chi connectivity index (χ0) is 44.1. The number of hydrogen-bond acceptors (Lipinski definition) is 12. The molecule has 0 spiro atoms. The highest BCUT2D eigenvalue weighted by Gasteiger charge is 2.44. The van der Waals surface area contributed by atoms with E-state index >= 15 is 0 Å². The van der Waals surface area contributed by atoms with Gasteiger partial charge >= 0.3 is 11.9 Å². The first-order valence-electron chi connectivity index (χ1n) is 20.4. The molecule has 16 heteroatoms. The van der Waals surface area contributed by atoms with Gasteiger partial charge in [-0.3, -0.25) is 34.0 Å². The number of aliphatic carboxylic acids is 1. The summed E-state index contributed by atoms with van der Waals surface area (Å²) in [6, 6.07) is 24.6. The molecular formula is C45H56N6O10. The number of esters is 1. The van der Waals surface area contributed by atoms with Crippen LogP contribution in [0.4, 0.5) is 5.95 Å². The van der Waals surface area contributed by atoms with Crippen molar-refractivity contribution in [3.63, 3.8) is 0 Å². The summed E-state index contributed by atoms with van der Waals surface area (Å²) in [7, 11) is 3.17. The number of benzene rings is 3. The monoisotopic (exact) mass is 840 g/mol. The molecular weight excluding hydrogens is 785 g/mol. The molecule has 1 aliphatic heterocycles. The number of nitrogens with zero attached hydrogens (tertiary/aromatic N) is 4. The van der Waals surface area contributed by atoms with Crippen LogP contribution in [0.1, 0.15) is 76.8 Å². The van der Waals surface area contributed by atoms with E-state index < -0.39 is 48.0 Å². The number of amides is 1. The second-order valence-electron chi connectivity index (χ2n) is 14.6. The molecule has 61 heavy (non-hydrogen) atoms. The van der Waals surface area contributed by atoms with Crippen LogP contribution in [0.15, 0.2) is 90.0 Å². The summed E-state index contributed by atoms with van der Waals surface area (Å²) >= 11 is 0. The number of carbonyl (C=O) groups excluding carboxylic acids is 2. The summed E-state index contributed by atoms with van der Waals surface area (Å²) in [5, 5.41) is 11.8. The Morgan fingerprint density at radius 1 is 0.902 bits per heavy atom. The SMILES string of the molecule is CCN(CC)CC.COc1ccc(C(OC[C@H]2O[C@@H](n3cnc4c(=O)[nH]c(NC(=O)C(C)C)nc43)C[C@@H]2OC(=O)CCC(=O)O)(c2ccccc2)c2ccc(OC)cc2)cc1. The molecule has 0 saturated carbocycles. The highest BCUT2D eigenvalue weighted by molar-refractivity contribution is 5.91. The average Bonchev–Trinajstić information content (AvgIpc) is 3.88. The quantitative estimate of drug-likeness (QED) is 0.0672. The van der Waals surface area contributed by atoms with E-state index in [9.17, 15) is 24.3 Å². The Kier molecular flexibility index (Phi) is 16.1. The molecule has 3 atom stereocenters. The third-order valence-electron chi connectivity index (χ3n) is 10.5. The van der Waals surface area contributed by atoms with Gasteiger partial charge in [0, 0.05) is 12.3 Å². The number of H-pyrrole nitrogens is 1. The molecule has 0 unspecified atom stereocenters. The van der Waals surface area contributed by atoms with Crippen LogP contribution in [0.2, 0.25) is 0 Å². The van der Waals surface area contributed by atoms with Crippen molar-refractivity contribution >= 4 is 35.0 Å². The van der Waals surface area contributed by atoms with E-state index in [0.29, 0.717) is 11.5 Å². The second kappa shape index (κ2) is 21.4. The number of imidazole rings is 1. The molecule has 1 saturated heterocycles. The summed E-state index contributed by atoms with van der Waals surface area (Å²) < 4.78 is 31.9. The van der Waals surface area contributed by atoms with Crippen LogP contribution < -0.4 is 20.3 Å². The highest BCUT2D eigenvalue weighted by Crippen LogP contribution is 2.43. The third kappa shape index (κ3) is 11.2. The minimum absolute atomic E-state index is 0.0120. The predicted octanol–water partition coefficient (Wildman–Crippen LogP) is 6.15. The van der Waals surface area contributed by atoms with Crippen molar-refractivity contribution < 1.29 is 43.2 Å². The van der Waals surface area contributed by atoms with Crippen LogP contribution in [-0.2, 0) is 34.2 Å². The van der Waals surface area contributed by atoms with E-state index in [4.69, 9.17) is 23.7 Å². The number of carboxylic acid groups (broad SMARTS) is 1. The van der Waals surface area contributed by atoms with Crippen LogP contribution in [0.5, 0.6) is 11.5 Å². The number of methoxy groups -OCH3 is 2. The standard InChI is InChI=1S/C39H41N5O10.C6H15N/c1-23(2)36(48)42-38-41-35-34(37(49)43-38)40-22-44(35)31-20-29(54-33(47)19-18-32(45)46)30(53-31)21-52-39(24-8-6-5-7-9-24,25-10-14-27(50-3)15-11-25)26-12-16-28(51-4)17-13-26;1-4-7(5-2)6-3/h5-17,22-23,29-31H,18-21H2,1-4H3,(H,45,46)(H2,41,42,43,48,49);4-6H2,1-3H3/t29-,30+,31+;/m0./s1. The molecule has 0 radical (unpaired) electrons. The van der Waals surface area contributed by atoms with Crippen LogP contribution in [0.3, 0.4) is 0 Å². The van der Waals surface area contributed by atoms with Gasteiger partial charge in [-0.1, -0.05) is 89.2 Å². The van der Waals surface area contributed by atoms with Gasteiger partial charge in [0.25, 0.3) is 5.56 Å². The van der Waals surface area contributed by atoms with Gasteiger partial charge in [-0.2, -0.15) is 4.98 Å². The molecule has 0 bridgehead atoms. The largest absolute Gasteiger partial charge is 0.497 e. The van der Waals surface area contributed by atoms with E-state index in [-0.39, 0.29) is 48.4 Å². The Labute approximate surface area is 355 Å². The molecule has 3 heterocycles. The smallest absolute Gasteiger partial charge is 0.306 e. The molecule has 16 nitrogen and oxygen atoms in total. The van der Waals surface area contributed by atoms with Crippen LogP contribution in [0.25, 0.3) is 11.2 Å². The lowest BCUT2D eigenvalue weighted by molar-refractivity contribution is -0.157. The van der Waals surface area contributed by atoms with Gasteiger partial charge in [0.15, 0.2) is 11.2 Å². The van der Waals surface area contributed by atoms with E-state index in [2.05, 4.69) is 45.9 Å². The summed E-state index contributed by atoms with van der Waals surface area (Å²) in [6.45, 7) is 13.4. The Balaban J connectivity index is 0.000000925. The first-order valence-corrected chi connectivity index (χ1v) is 20.4. The first kappa shape index (κ1) is 46.0. The zero-order valence-electron chi connectivity index (χ0n) is 35.8. The van der Waals surface area contributed by atoms with Crippen molar-refractivity contribution in [2.24, 2.45) is 5.92 Å². The van der Waals surface area contributed by atoms with E-state index in [1.54, 1.807) is 28.1 Å². The number of carboxylic acids is 1. The minimum atomic E-state index is -1.22. The summed E-state index contributed by atoms with van der Waals surface area (Å²) in [5.41, 5.74) is 0.685. The molecule has 1 aliphatic rings. The van der Waals surface area contributed by atoms with Crippen molar-refractivity contribution in [2.75, 3.05) is 45.8 Å². The maximum Gasteiger partial charge on any atom is 0.306 e. The fraction of sp³-hybridized carbons (Fsp3) is 0.422. The van der Waals surface area contributed by atoms with Crippen molar-refractivity contribution in [2.45, 2.75) is 77.9 Å².